The van der Waals surface area contributed by atoms with E-state index < -0.39 is 16.5 Å². The molecule has 63 valence electrons. The maximum absolute atomic E-state index is 10.5. The molecule has 1 N–H and O–H groups in total. The molecule has 0 saturated heterocycles. The van der Waals surface area contributed by atoms with E-state index in [9.17, 15) is 8.41 Å². The molecule has 11 heavy (non-hydrogen) atoms. The summed E-state index contributed by atoms with van der Waals surface area (Å²) in [5.74, 6) is -0.833. The second-order valence-corrected chi connectivity index (χ2v) is 1.89. The zero-order valence-corrected chi connectivity index (χ0v) is 8.56. The van der Waals surface area contributed by atoms with Crippen molar-refractivity contribution in [3.63, 3.8) is 0 Å². The minimum atomic E-state index is -5.33. The van der Waals surface area contributed by atoms with Gasteiger partial charge < -0.3 is 5.11 Å². The minimum Gasteiger partial charge on any atom is -0.481 e. The molecule has 0 aromatic rings. The summed E-state index contributed by atoms with van der Waals surface area (Å²) < 4.78 is 39.7. The summed E-state index contributed by atoms with van der Waals surface area (Å²) in [6, 6.07) is 0. The average Bonchev–Trinajstić information content (AvgIpc) is 1.63. The first kappa shape index (κ1) is 17.4. The molecule has 1 radical (unpaired) electrons. The van der Waals surface area contributed by atoms with Gasteiger partial charge in [0.2, 0.25) is 0 Å². The van der Waals surface area contributed by atoms with E-state index >= 15 is 0 Å². The number of rotatable bonds is 1. The number of aliphatic carboxylic acids is 1. The van der Waals surface area contributed by atoms with Crippen LogP contribution in [0.5, 0.6) is 0 Å². The Balaban J connectivity index is -0.000000114. The molecule has 9 heteroatoms. The Morgan fingerprint density at radius 2 is 1.64 bits per heavy atom. The summed E-state index contributed by atoms with van der Waals surface area (Å²) in [4.78, 5) is 9.00. The van der Waals surface area contributed by atoms with E-state index in [4.69, 9.17) is 18.3 Å². The van der Waals surface area contributed by atoms with Gasteiger partial charge in [0.1, 0.15) is 0 Å². The van der Waals surface area contributed by atoms with Gasteiger partial charge in [-0.15, -0.1) is 0 Å². The molecule has 0 rings (SSSR count). The van der Waals surface area contributed by atoms with Crippen LogP contribution in [0.15, 0.2) is 0 Å². The Hall–Kier alpha value is 0.240. The van der Waals surface area contributed by atoms with Crippen LogP contribution in [0.2, 0.25) is 0 Å². The maximum atomic E-state index is 10.5. The van der Waals surface area contributed by atoms with Crippen LogP contribution in [0, 0.1) is 0 Å². The largest absolute Gasteiger partial charge is 0.481 e. The van der Waals surface area contributed by atoms with Crippen molar-refractivity contribution in [2.45, 2.75) is 6.92 Å². The molecule has 0 heterocycles. The van der Waals surface area contributed by atoms with Gasteiger partial charge in [0.15, 0.2) is 0 Å². The van der Waals surface area contributed by atoms with Crippen LogP contribution in [0.25, 0.3) is 0 Å². The number of hydrogen-bond acceptors (Lipinski definition) is 4. The SMILES string of the molecule is CC(=O)O.O=S(=O)(F)OF.[Na]. The van der Waals surface area contributed by atoms with Crippen molar-refractivity contribution in [2.75, 3.05) is 0 Å². The van der Waals surface area contributed by atoms with Gasteiger partial charge in [-0.05, 0) is 8.91 Å². The summed E-state index contributed by atoms with van der Waals surface area (Å²) >= 11 is 0. The number of carboxylic acid groups (broad SMARTS) is 1. The molecular weight excluding hydrogens is 197 g/mol. The smallest absolute Gasteiger partial charge is 0.468 e. The maximum Gasteiger partial charge on any atom is 0.468 e. The first-order valence-electron chi connectivity index (χ1n) is 1.74. The third-order valence-electron chi connectivity index (χ3n) is 0.0752. The van der Waals surface area contributed by atoms with Crippen molar-refractivity contribution in [1.82, 2.24) is 0 Å². The van der Waals surface area contributed by atoms with E-state index in [0.717, 1.165) is 6.92 Å². The van der Waals surface area contributed by atoms with Crippen LogP contribution >= 0.6 is 0 Å². The van der Waals surface area contributed by atoms with Gasteiger partial charge in [0, 0.05) is 36.5 Å². The molecule has 0 fully saturated rings. The topological polar surface area (TPSA) is 80.7 Å². The molecule has 0 atom stereocenters. The van der Waals surface area contributed by atoms with Crippen molar-refractivity contribution in [1.29, 1.82) is 0 Å². The van der Waals surface area contributed by atoms with Crippen molar-refractivity contribution in [2.24, 2.45) is 0 Å². The third-order valence-corrected chi connectivity index (χ3v) is 0.226. The van der Waals surface area contributed by atoms with E-state index in [1.165, 1.54) is 0 Å². The van der Waals surface area contributed by atoms with Gasteiger partial charge in [-0.25, -0.2) is 0 Å². The second kappa shape index (κ2) is 8.34. The van der Waals surface area contributed by atoms with Gasteiger partial charge in [-0.1, -0.05) is 3.89 Å². The Bertz CT molecular complexity index is 185. The van der Waals surface area contributed by atoms with Crippen molar-refractivity contribution in [3.8, 4) is 0 Å². The number of halogens is 2. The molecule has 0 aliphatic heterocycles. The van der Waals surface area contributed by atoms with Gasteiger partial charge in [-0.2, -0.15) is 8.42 Å². The van der Waals surface area contributed by atoms with Crippen LogP contribution < -0.4 is 0 Å². The number of hydrogen-bond donors (Lipinski definition) is 1. The summed E-state index contributed by atoms with van der Waals surface area (Å²) in [5, 5.41) is 7.42. The van der Waals surface area contributed by atoms with Gasteiger partial charge in [0.25, 0.3) is 5.97 Å². The molecule has 0 spiro atoms. The molecule has 0 bridgehead atoms. The first-order chi connectivity index (χ1) is 4.29. The summed E-state index contributed by atoms with van der Waals surface area (Å²) in [6.07, 6.45) is 0. The number of carboxylic acids is 1. The van der Waals surface area contributed by atoms with Crippen LogP contribution in [0.1, 0.15) is 6.92 Å². The van der Waals surface area contributed by atoms with Crippen LogP contribution in [0.4, 0.5) is 8.41 Å². The normalized spacial score (nSPS) is 8.64. The number of carbonyl (C=O) groups is 1. The second-order valence-electron chi connectivity index (χ2n) is 0.975. The van der Waals surface area contributed by atoms with Crippen LogP contribution in [-0.2, 0) is 19.7 Å². The summed E-state index contributed by atoms with van der Waals surface area (Å²) in [6.45, 7) is 1.08. The van der Waals surface area contributed by atoms with Gasteiger partial charge in [-0.3, -0.25) is 4.79 Å². The van der Waals surface area contributed by atoms with Crippen molar-refractivity contribution < 1.29 is 31.1 Å². The standard InChI is InChI=1S/C2H4O2.F2O3S.Na/c1-2(3)4;1-5-6(2,3)4;/h1H3,(H,3,4);;. The van der Waals surface area contributed by atoms with E-state index in [0.29, 0.717) is 0 Å². The fraction of sp³-hybridized carbons (Fsp3) is 0.500. The fourth-order valence-electron chi connectivity index (χ4n) is 0. The van der Waals surface area contributed by atoms with E-state index in [1.807, 2.05) is 0 Å². The zero-order valence-electron chi connectivity index (χ0n) is 5.74. The predicted molar refractivity (Wildman–Crippen MR) is 31.3 cm³/mol. The monoisotopic (exact) mass is 201 g/mol. The molecule has 0 unspecified atom stereocenters. The van der Waals surface area contributed by atoms with Crippen molar-refractivity contribution >= 4 is 46.0 Å². The molecule has 0 amide bonds. The quantitative estimate of drug-likeness (QED) is 0.469. The van der Waals surface area contributed by atoms with Gasteiger partial charge >= 0.3 is 10.5 Å². The average molecular weight is 201 g/mol. The Morgan fingerprint density at radius 1 is 1.55 bits per heavy atom. The Labute approximate surface area is 84.0 Å². The Kier molecular flexibility index (Phi) is 13.2. The van der Waals surface area contributed by atoms with E-state index in [-0.39, 0.29) is 29.6 Å². The molecule has 0 aromatic heterocycles. The van der Waals surface area contributed by atoms with Crippen LogP contribution in [-0.4, -0.2) is 49.1 Å². The van der Waals surface area contributed by atoms with Gasteiger partial charge in [0.05, 0.1) is 0 Å². The molecule has 0 saturated carbocycles. The third kappa shape index (κ3) is 66.2. The predicted octanol–water partition coefficient (Wildman–Crippen LogP) is -0.188. The fourth-order valence-corrected chi connectivity index (χ4v) is 0. The first-order valence-corrected chi connectivity index (χ1v) is 3.04. The molecule has 0 aromatic carbocycles. The zero-order chi connectivity index (χ0) is 8.78. The Morgan fingerprint density at radius 3 is 1.64 bits per heavy atom. The molecule has 0 aliphatic carbocycles. The van der Waals surface area contributed by atoms with Crippen molar-refractivity contribution in [3.05, 3.63) is 0 Å². The summed E-state index contributed by atoms with van der Waals surface area (Å²) in [7, 11) is -5.33. The van der Waals surface area contributed by atoms with E-state index in [1.54, 1.807) is 4.39 Å². The molecule has 0 aliphatic rings. The van der Waals surface area contributed by atoms with Crippen LogP contribution in [0.3, 0.4) is 0 Å². The molecular formula is C2H4F2NaO5S. The summed E-state index contributed by atoms with van der Waals surface area (Å²) in [5.41, 5.74) is 0. The van der Waals surface area contributed by atoms with E-state index in [2.05, 4.69) is 0 Å². The minimum absolute atomic E-state index is 0. The molecule has 5 nitrogen and oxygen atoms in total.